The number of carbonyl (C=O) groups excluding carboxylic acids is 2. The van der Waals surface area contributed by atoms with Gasteiger partial charge in [-0.2, -0.15) is 0 Å². The van der Waals surface area contributed by atoms with E-state index >= 15 is 0 Å². The predicted octanol–water partition coefficient (Wildman–Crippen LogP) is 2.85. The van der Waals surface area contributed by atoms with E-state index in [9.17, 15) is 14.7 Å². The van der Waals surface area contributed by atoms with Gasteiger partial charge in [-0.3, -0.25) is 0 Å². The number of hydrogen-bond acceptors (Lipinski definition) is 5. The number of ether oxygens (including phenoxy) is 2. The minimum Gasteiger partial charge on any atom is -0.548 e. The molecule has 0 heterocycles. The molecule has 6 nitrogen and oxygen atoms in total. The topological polar surface area (TPSA) is 87.7 Å². The molecule has 2 atom stereocenters. The second-order valence-corrected chi connectivity index (χ2v) is 8.20. The van der Waals surface area contributed by atoms with E-state index < -0.39 is 29.8 Å². The van der Waals surface area contributed by atoms with E-state index in [0.29, 0.717) is 0 Å². The van der Waals surface area contributed by atoms with Crippen molar-refractivity contribution in [1.82, 2.24) is 5.32 Å². The van der Waals surface area contributed by atoms with Crippen LogP contribution in [-0.2, 0) is 14.3 Å². The summed E-state index contributed by atoms with van der Waals surface area (Å²) >= 11 is 0. The van der Waals surface area contributed by atoms with Crippen LogP contribution >= 0.6 is 0 Å². The number of nitrogens with one attached hydrogen (secondary N) is 1. The zero-order chi connectivity index (χ0) is 21.2. The molecule has 0 spiro atoms. The summed E-state index contributed by atoms with van der Waals surface area (Å²) in [5.74, 6) is -1.52. The number of aliphatic carboxylic acids is 1. The highest BCUT2D eigenvalue weighted by atomic mass is 16.6. The van der Waals surface area contributed by atoms with Crippen LogP contribution in [-0.4, -0.2) is 36.4 Å². The van der Waals surface area contributed by atoms with E-state index in [4.69, 9.17) is 9.47 Å². The number of alkyl carbamates (subject to hydrolysis) is 1. The van der Waals surface area contributed by atoms with Crippen molar-refractivity contribution < 1.29 is 24.2 Å². The van der Waals surface area contributed by atoms with Crippen molar-refractivity contribution in [3.05, 3.63) is 59.7 Å². The van der Waals surface area contributed by atoms with Crippen LogP contribution in [0.25, 0.3) is 11.1 Å². The monoisotopic (exact) mass is 396 g/mol. The zero-order valence-corrected chi connectivity index (χ0v) is 17.1. The molecular weight excluding hydrogens is 370 g/mol. The van der Waals surface area contributed by atoms with E-state index in [1.165, 1.54) is 0 Å². The zero-order valence-electron chi connectivity index (χ0n) is 17.1. The Morgan fingerprint density at radius 1 is 1.03 bits per heavy atom. The molecule has 1 N–H and O–H groups in total. The first-order valence-corrected chi connectivity index (χ1v) is 9.67. The number of rotatable bonds is 6. The van der Waals surface area contributed by atoms with Crippen molar-refractivity contribution >= 4 is 12.1 Å². The van der Waals surface area contributed by atoms with Crippen LogP contribution in [0.1, 0.15) is 44.7 Å². The van der Waals surface area contributed by atoms with Crippen LogP contribution in [0.15, 0.2) is 48.5 Å². The minimum atomic E-state index is -1.42. The average Bonchev–Trinajstić information content (AvgIpc) is 2.96. The number of hydrogen-bond donors (Lipinski definition) is 1. The lowest BCUT2D eigenvalue weighted by Crippen LogP contribution is -2.55. The van der Waals surface area contributed by atoms with Gasteiger partial charge >= 0.3 is 6.09 Å². The van der Waals surface area contributed by atoms with Crippen LogP contribution in [0, 0.1) is 0 Å². The van der Waals surface area contributed by atoms with Gasteiger partial charge in [-0.1, -0.05) is 48.5 Å². The van der Waals surface area contributed by atoms with Crippen molar-refractivity contribution in [1.29, 1.82) is 0 Å². The normalized spacial score (nSPS) is 15.2. The van der Waals surface area contributed by atoms with Gasteiger partial charge in [0, 0.05) is 5.92 Å². The summed E-state index contributed by atoms with van der Waals surface area (Å²) in [6, 6.07) is 14.7. The maximum Gasteiger partial charge on any atom is 0.407 e. The number of carboxylic acid groups (broad SMARTS) is 1. The number of benzene rings is 2. The molecule has 29 heavy (non-hydrogen) atoms. The van der Waals surface area contributed by atoms with Crippen molar-refractivity contribution in [3.8, 4) is 11.1 Å². The maximum atomic E-state index is 12.3. The SMILES string of the molecule is C[C@@H](OC(C)(C)C)[C@H](NC(=O)OCC1c2ccccc2-c2ccccc21)C(=O)[O-]. The quantitative estimate of drug-likeness (QED) is 0.811. The second kappa shape index (κ2) is 8.25. The van der Waals surface area contributed by atoms with Crippen LogP contribution in [0.4, 0.5) is 4.79 Å². The summed E-state index contributed by atoms with van der Waals surface area (Å²) in [4.78, 5) is 23.8. The average molecular weight is 396 g/mol. The van der Waals surface area contributed by atoms with Gasteiger partial charge in [0.25, 0.3) is 0 Å². The van der Waals surface area contributed by atoms with E-state index in [1.54, 1.807) is 6.92 Å². The summed E-state index contributed by atoms with van der Waals surface area (Å²) in [5.41, 5.74) is 3.86. The fourth-order valence-electron chi connectivity index (χ4n) is 3.76. The molecule has 1 aliphatic carbocycles. The Bertz CT molecular complexity index is 857. The van der Waals surface area contributed by atoms with Crippen molar-refractivity contribution in [2.45, 2.75) is 51.4 Å². The van der Waals surface area contributed by atoms with E-state index in [-0.39, 0.29) is 12.5 Å². The Balaban J connectivity index is 1.68. The minimum absolute atomic E-state index is 0.0993. The highest BCUT2D eigenvalue weighted by molar-refractivity contribution is 5.80. The number of fused-ring (bicyclic) bond motifs is 3. The fourth-order valence-corrected chi connectivity index (χ4v) is 3.76. The lowest BCUT2D eigenvalue weighted by atomic mass is 9.98. The summed E-state index contributed by atoms with van der Waals surface area (Å²) in [7, 11) is 0. The molecule has 0 unspecified atom stereocenters. The predicted molar refractivity (Wildman–Crippen MR) is 107 cm³/mol. The van der Waals surface area contributed by atoms with Crippen LogP contribution in [0.5, 0.6) is 0 Å². The summed E-state index contributed by atoms with van der Waals surface area (Å²) in [5, 5.41) is 13.9. The molecule has 2 aromatic rings. The largest absolute Gasteiger partial charge is 0.548 e. The van der Waals surface area contributed by atoms with E-state index in [0.717, 1.165) is 22.3 Å². The molecule has 0 aromatic heterocycles. The third-order valence-corrected chi connectivity index (χ3v) is 4.88. The molecule has 2 aromatic carbocycles. The number of carboxylic acids is 1. The van der Waals surface area contributed by atoms with Crippen LogP contribution in [0.3, 0.4) is 0 Å². The lowest BCUT2D eigenvalue weighted by Gasteiger charge is -2.31. The molecule has 0 radical (unpaired) electrons. The maximum absolute atomic E-state index is 12.3. The molecule has 0 saturated carbocycles. The van der Waals surface area contributed by atoms with Gasteiger partial charge < -0.3 is 24.7 Å². The van der Waals surface area contributed by atoms with E-state index in [1.807, 2.05) is 69.3 Å². The summed E-state index contributed by atoms with van der Waals surface area (Å²) in [6.45, 7) is 7.11. The highest BCUT2D eigenvalue weighted by Crippen LogP contribution is 2.44. The first-order valence-electron chi connectivity index (χ1n) is 9.67. The first-order chi connectivity index (χ1) is 13.7. The summed E-state index contributed by atoms with van der Waals surface area (Å²) in [6.07, 6.45) is -1.59. The third-order valence-electron chi connectivity index (χ3n) is 4.88. The molecule has 0 bridgehead atoms. The molecule has 3 rings (SSSR count). The summed E-state index contributed by atoms with van der Waals surface area (Å²) < 4.78 is 11.0. The van der Waals surface area contributed by atoms with Gasteiger partial charge in [-0.15, -0.1) is 0 Å². The standard InChI is InChI=1S/C23H27NO5/c1-14(29-23(2,3)4)20(21(25)26)24-22(27)28-13-19-17-11-7-5-9-15(17)16-10-6-8-12-18(16)19/h5-12,14,19-20H,13H2,1-4H3,(H,24,27)(H,25,26)/p-1/t14-,20+/m1/s1. The van der Waals surface area contributed by atoms with Gasteiger partial charge in [0.15, 0.2) is 0 Å². The molecule has 1 amide bonds. The van der Waals surface area contributed by atoms with Gasteiger partial charge in [-0.25, -0.2) is 4.79 Å². The number of carbonyl (C=O) groups is 2. The van der Waals surface area contributed by atoms with Crippen LogP contribution < -0.4 is 10.4 Å². The van der Waals surface area contributed by atoms with Gasteiger partial charge in [0.1, 0.15) is 6.61 Å². The molecular formula is C23H26NO5-. The Labute approximate surface area is 170 Å². The molecule has 0 aliphatic heterocycles. The smallest absolute Gasteiger partial charge is 0.407 e. The van der Waals surface area contributed by atoms with Crippen molar-refractivity contribution in [3.63, 3.8) is 0 Å². The van der Waals surface area contributed by atoms with Crippen molar-refractivity contribution in [2.24, 2.45) is 0 Å². The van der Waals surface area contributed by atoms with Crippen molar-refractivity contribution in [2.75, 3.05) is 6.61 Å². The highest BCUT2D eigenvalue weighted by Gasteiger charge is 2.30. The van der Waals surface area contributed by atoms with Gasteiger partial charge in [0.05, 0.1) is 23.7 Å². The third kappa shape index (κ3) is 4.77. The Morgan fingerprint density at radius 3 is 2.03 bits per heavy atom. The van der Waals surface area contributed by atoms with Gasteiger partial charge in [-0.05, 0) is 49.9 Å². The molecule has 154 valence electrons. The Morgan fingerprint density at radius 2 is 1.55 bits per heavy atom. The van der Waals surface area contributed by atoms with Gasteiger partial charge in [0.2, 0.25) is 0 Å². The van der Waals surface area contributed by atoms with E-state index in [2.05, 4.69) is 5.32 Å². The Hall–Kier alpha value is -2.86. The number of amides is 1. The lowest BCUT2D eigenvalue weighted by molar-refractivity contribution is -0.311. The molecule has 0 saturated heterocycles. The molecule has 0 fully saturated rings. The van der Waals surface area contributed by atoms with Crippen LogP contribution in [0.2, 0.25) is 0 Å². The fraction of sp³-hybridized carbons (Fsp3) is 0.391. The Kier molecular flexibility index (Phi) is 5.94. The second-order valence-electron chi connectivity index (χ2n) is 8.20. The molecule has 6 heteroatoms. The first kappa shape index (κ1) is 20.9. The molecule has 1 aliphatic rings.